The Labute approximate surface area is 200 Å². The molecule has 0 spiro atoms. The summed E-state index contributed by atoms with van der Waals surface area (Å²) in [6, 6.07) is 11.0. The number of aliphatic carboxylic acids is 1. The highest BCUT2D eigenvalue weighted by atomic mass is 32.2. The third kappa shape index (κ3) is 4.74. The zero-order chi connectivity index (χ0) is 25.3. The Hall–Kier alpha value is -3.80. The number of aromatic nitrogens is 2. The first-order valence-corrected chi connectivity index (χ1v) is 12.0. The first-order valence-electron chi connectivity index (χ1n) is 10.5. The number of methoxy groups -OCH3 is 1. The quantitative estimate of drug-likeness (QED) is 0.276. The number of hydrogen-bond donors (Lipinski definition) is 2. The van der Waals surface area contributed by atoms with E-state index in [2.05, 4.69) is 4.98 Å². The molecule has 35 heavy (non-hydrogen) atoms. The van der Waals surface area contributed by atoms with E-state index < -0.39 is 27.7 Å². The van der Waals surface area contributed by atoms with Gasteiger partial charge in [0.1, 0.15) is 18.4 Å². The largest absolute Gasteiger partial charge is 0.490 e. The fraction of sp³-hybridized carbons (Fsp3) is 0.208. The molecule has 2 aromatic carbocycles. The Morgan fingerprint density at radius 2 is 1.89 bits per heavy atom. The molecule has 0 bridgehead atoms. The molecule has 0 fully saturated rings. The van der Waals surface area contributed by atoms with E-state index in [1.54, 1.807) is 24.3 Å². The molecule has 0 amide bonds. The molecular formula is C24H22N2O8S. The summed E-state index contributed by atoms with van der Waals surface area (Å²) in [7, 11) is -2.96. The number of benzene rings is 2. The second-order valence-electron chi connectivity index (χ2n) is 7.83. The van der Waals surface area contributed by atoms with Crippen LogP contribution in [-0.2, 0) is 19.6 Å². The standard InChI is InChI=1S/C24H22N2O8S/c1-14(24(28)29)26-22(12-21-20(23(26)27)10-16(13-25-21)34-9-8-33-2)18-5-3-4-15-6-7-17(11-19(15)18)35(30,31)32/h3-7,10-14H,8-9H2,1-2H3,(H,28,29)(H,30,31,32). The molecule has 2 N–H and O–H groups in total. The number of pyridine rings is 2. The molecule has 0 saturated heterocycles. The van der Waals surface area contributed by atoms with Gasteiger partial charge in [0.2, 0.25) is 0 Å². The van der Waals surface area contributed by atoms with Gasteiger partial charge in [-0.15, -0.1) is 0 Å². The van der Waals surface area contributed by atoms with E-state index in [9.17, 15) is 27.7 Å². The predicted molar refractivity (Wildman–Crippen MR) is 128 cm³/mol. The number of rotatable bonds is 8. The zero-order valence-electron chi connectivity index (χ0n) is 18.8. The van der Waals surface area contributed by atoms with Crippen molar-refractivity contribution in [3.8, 4) is 17.0 Å². The van der Waals surface area contributed by atoms with Crippen LogP contribution >= 0.6 is 0 Å². The molecule has 4 rings (SSSR count). The van der Waals surface area contributed by atoms with Gasteiger partial charge in [0, 0.05) is 12.7 Å². The van der Waals surface area contributed by atoms with Gasteiger partial charge in [-0.25, -0.2) is 4.79 Å². The topological polar surface area (TPSA) is 145 Å². The fourth-order valence-corrected chi connectivity index (χ4v) is 4.35. The average Bonchev–Trinajstić information content (AvgIpc) is 2.82. The first-order chi connectivity index (χ1) is 16.6. The Balaban J connectivity index is 2.02. The minimum Gasteiger partial charge on any atom is -0.490 e. The van der Waals surface area contributed by atoms with Crippen LogP contribution in [0.3, 0.4) is 0 Å². The van der Waals surface area contributed by atoms with Crippen molar-refractivity contribution in [3.63, 3.8) is 0 Å². The van der Waals surface area contributed by atoms with Gasteiger partial charge in [-0.2, -0.15) is 8.42 Å². The molecule has 2 aromatic heterocycles. The molecule has 4 aromatic rings. The lowest BCUT2D eigenvalue weighted by Gasteiger charge is -2.19. The van der Waals surface area contributed by atoms with Gasteiger partial charge < -0.3 is 14.6 Å². The van der Waals surface area contributed by atoms with Gasteiger partial charge in [-0.1, -0.05) is 24.3 Å². The summed E-state index contributed by atoms with van der Waals surface area (Å²) in [5.41, 5.74) is 0.347. The van der Waals surface area contributed by atoms with Crippen molar-refractivity contribution >= 4 is 37.8 Å². The number of carboxylic acid groups (broad SMARTS) is 1. The third-order valence-corrected chi connectivity index (χ3v) is 6.45. The molecule has 0 aliphatic rings. The van der Waals surface area contributed by atoms with Crippen molar-refractivity contribution in [1.82, 2.24) is 9.55 Å². The monoisotopic (exact) mass is 498 g/mol. The van der Waals surface area contributed by atoms with Crippen LogP contribution in [0, 0.1) is 0 Å². The molecule has 2 heterocycles. The van der Waals surface area contributed by atoms with E-state index in [0.717, 1.165) is 4.57 Å². The molecule has 11 heteroatoms. The Morgan fingerprint density at radius 3 is 2.57 bits per heavy atom. The van der Waals surface area contributed by atoms with Crippen molar-refractivity contribution < 1.29 is 32.3 Å². The molecule has 1 atom stereocenters. The maximum Gasteiger partial charge on any atom is 0.326 e. The van der Waals surface area contributed by atoms with E-state index in [0.29, 0.717) is 34.2 Å². The minimum absolute atomic E-state index is 0.163. The van der Waals surface area contributed by atoms with Gasteiger partial charge in [0.25, 0.3) is 15.7 Å². The number of fused-ring (bicyclic) bond motifs is 2. The van der Waals surface area contributed by atoms with Crippen molar-refractivity contribution in [2.45, 2.75) is 17.9 Å². The molecule has 182 valence electrons. The SMILES string of the molecule is COCCOc1cnc2cc(-c3cccc4ccc(S(=O)(=O)O)cc34)n(C(C)C(=O)O)c(=O)c2c1. The van der Waals surface area contributed by atoms with Gasteiger partial charge in [-0.05, 0) is 42.0 Å². The lowest BCUT2D eigenvalue weighted by Crippen LogP contribution is -2.29. The molecule has 10 nitrogen and oxygen atoms in total. The van der Waals surface area contributed by atoms with Gasteiger partial charge in [-0.3, -0.25) is 18.9 Å². The summed E-state index contributed by atoms with van der Waals surface area (Å²) >= 11 is 0. The number of ether oxygens (including phenoxy) is 2. The summed E-state index contributed by atoms with van der Waals surface area (Å²) in [5.74, 6) is -0.899. The highest BCUT2D eigenvalue weighted by Crippen LogP contribution is 2.33. The van der Waals surface area contributed by atoms with Gasteiger partial charge in [0.05, 0.1) is 34.3 Å². The van der Waals surface area contributed by atoms with Gasteiger partial charge in [0.15, 0.2) is 0 Å². The number of nitrogens with zero attached hydrogens (tertiary/aromatic N) is 2. The molecule has 0 saturated carbocycles. The third-order valence-electron chi connectivity index (χ3n) is 5.60. The van der Waals surface area contributed by atoms with Gasteiger partial charge >= 0.3 is 5.97 Å². The second-order valence-corrected chi connectivity index (χ2v) is 9.25. The maximum atomic E-state index is 13.6. The molecule has 0 aliphatic heterocycles. The van der Waals surface area contributed by atoms with Crippen LogP contribution in [0.4, 0.5) is 0 Å². The summed E-state index contributed by atoms with van der Waals surface area (Å²) in [4.78, 5) is 29.5. The molecule has 1 unspecified atom stereocenters. The molecule has 0 radical (unpaired) electrons. The zero-order valence-corrected chi connectivity index (χ0v) is 19.7. The fourth-order valence-electron chi connectivity index (χ4n) is 3.84. The molecular weight excluding hydrogens is 476 g/mol. The van der Waals surface area contributed by atoms with Crippen molar-refractivity contribution in [2.75, 3.05) is 20.3 Å². The smallest absolute Gasteiger partial charge is 0.326 e. The normalized spacial score (nSPS) is 12.7. The van der Waals surface area contributed by atoms with Crippen LogP contribution in [0.25, 0.3) is 32.9 Å². The Morgan fingerprint density at radius 1 is 1.11 bits per heavy atom. The lowest BCUT2D eigenvalue weighted by molar-refractivity contribution is -0.140. The Kier molecular flexibility index (Phi) is 6.57. The summed E-state index contributed by atoms with van der Waals surface area (Å²) in [6.45, 7) is 1.96. The van der Waals surface area contributed by atoms with E-state index in [1.165, 1.54) is 44.5 Å². The Bertz CT molecular complexity index is 1610. The highest BCUT2D eigenvalue weighted by molar-refractivity contribution is 7.85. The average molecular weight is 499 g/mol. The highest BCUT2D eigenvalue weighted by Gasteiger charge is 2.23. The van der Waals surface area contributed by atoms with E-state index >= 15 is 0 Å². The summed E-state index contributed by atoms with van der Waals surface area (Å²) in [6.07, 6.45) is 1.45. The van der Waals surface area contributed by atoms with Crippen LogP contribution in [-0.4, -0.2) is 53.9 Å². The van der Waals surface area contributed by atoms with E-state index in [4.69, 9.17) is 9.47 Å². The summed E-state index contributed by atoms with van der Waals surface area (Å²) < 4.78 is 44.6. The molecule has 0 aliphatic carbocycles. The predicted octanol–water partition coefficient (Wildman–Crippen LogP) is 3.13. The number of hydrogen-bond acceptors (Lipinski definition) is 7. The van der Waals surface area contributed by atoms with Crippen LogP contribution in [0.15, 0.2) is 64.4 Å². The van der Waals surface area contributed by atoms with Crippen LogP contribution in [0.1, 0.15) is 13.0 Å². The summed E-state index contributed by atoms with van der Waals surface area (Å²) in [5, 5.41) is 10.9. The minimum atomic E-state index is -4.49. The second kappa shape index (κ2) is 9.45. The van der Waals surface area contributed by atoms with Crippen LogP contribution in [0.5, 0.6) is 5.75 Å². The lowest BCUT2D eigenvalue weighted by atomic mass is 10.00. The van der Waals surface area contributed by atoms with Crippen LogP contribution < -0.4 is 10.3 Å². The number of carboxylic acids is 1. The maximum absolute atomic E-state index is 13.6. The van der Waals surface area contributed by atoms with E-state index in [-0.39, 0.29) is 22.6 Å². The van der Waals surface area contributed by atoms with Crippen molar-refractivity contribution in [3.05, 3.63) is 65.1 Å². The van der Waals surface area contributed by atoms with Crippen LogP contribution in [0.2, 0.25) is 0 Å². The number of carbonyl (C=O) groups is 1. The van der Waals surface area contributed by atoms with Crippen molar-refractivity contribution in [2.24, 2.45) is 0 Å². The van der Waals surface area contributed by atoms with Crippen molar-refractivity contribution in [1.29, 1.82) is 0 Å². The first kappa shape index (κ1) is 24.3. The van der Waals surface area contributed by atoms with E-state index in [1.807, 2.05) is 0 Å².